The number of amides is 1. The van der Waals surface area contributed by atoms with Crippen molar-refractivity contribution in [3.63, 3.8) is 0 Å². The summed E-state index contributed by atoms with van der Waals surface area (Å²) in [5.74, 6) is -0.172. The Bertz CT molecular complexity index is 711. The number of carbonyl (C=O) groups is 1. The second-order valence-corrected chi connectivity index (χ2v) is 5.38. The zero-order valence-corrected chi connectivity index (χ0v) is 13.2. The minimum atomic E-state index is -0.172. The molecule has 4 heteroatoms. The first-order valence-electron chi connectivity index (χ1n) is 6.96. The molecule has 2 aromatic rings. The molecule has 0 aliphatic heterocycles. The fourth-order valence-corrected chi connectivity index (χ4v) is 2.44. The number of nitrogens with zero attached hydrogens (tertiary/aromatic N) is 2. The van der Waals surface area contributed by atoms with Crippen molar-refractivity contribution in [2.75, 3.05) is 0 Å². The lowest BCUT2D eigenvalue weighted by Crippen LogP contribution is -2.12. The summed E-state index contributed by atoms with van der Waals surface area (Å²) >= 11 is 0. The highest BCUT2D eigenvalue weighted by Gasteiger charge is 2.11. The van der Waals surface area contributed by atoms with Crippen molar-refractivity contribution in [2.24, 2.45) is 5.10 Å². The van der Waals surface area contributed by atoms with Gasteiger partial charge in [-0.3, -0.25) is 4.79 Å². The molecule has 1 N–H and O–H groups in total. The average molecular weight is 283 g/mol. The van der Waals surface area contributed by atoms with E-state index in [0.29, 0.717) is 0 Å². The van der Waals surface area contributed by atoms with Gasteiger partial charge in [-0.15, -0.1) is 0 Å². The first-order valence-corrected chi connectivity index (χ1v) is 6.96. The molecule has 1 aromatic heterocycles. The van der Waals surface area contributed by atoms with Crippen LogP contribution in [0.4, 0.5) is 0 Å². The number of rotatable bonds is 3. The number of hydrazone groups is 1. The highest BCUT2D eigenvalue weighted by Crippen LogP contribution is 2.23. The molecule has 0 saturated heterocycles. The summed E-state index contributed by atoms with van der Waals surface area (Å²) in [4.78, 5) is 10.9. The number of hydrogen-bond acceptors (Lipinski definition) is 2. The van der Waals surface area contributed by atoms with E-state index in [9.17, 15) is 4.79 Å². The summed E-state index contributed by atoms with van der Waals surface area (Å²) < 4.78 is 2.22. The number of aryl methyl sites for hydroxylation is 3. The molecule has 1 aromatic carbocycles. The third-order valence-corrected chi connectivity index (χ3v) is 3.50. The molecule has 0 atom stereocenters. The lowest BCUT2D eigenvalue weighted by atomic mass is 10.1. The molecule has 1 amide bonds. The average Bonchev–Trinajstić information content (AvgIpc) is 2.67. The minimum absolute atomic E-state index is 0.172. The third kappa shape index (κ3) is 3.21. The lowest BCUT2D eigenvalue weighted by Gasteiger charge is -2.13. The van der Waals surface area contributed by atoms with Crippen LogP contribution >= 0.6 is 0 Å². The summed E-state index contributed by atoms with van der Waals surface area (Å²) in [7, 11) is 0. The van der Waals surface area contributed by atoms with E-state index in [1.807, 2.05) is 0 Å². The van der Waals surface area contributed by atoms with Gasteiger partial charge in [-0.2, -0.15) is 5.10 Å². The zero-order valence-electron chi connectivity index (χ0n) is 13.2. The molecular weight excluding hydrogens is 262 g/mol. The van der Waals surface area contributed by atoms with Crippen LogP contribution in [0.3, 0.4) is 0 Å². The Hall–Kier alpha value is -2.36. The molecule has 0 unspecified atom stereocenters. The molecule has 110 valence electrons. The van der Waals surface area contributed by atoms with Gasteiger partial charge >= 0.3 is 0 Å². The van der Waals surface area contributed by atoms with Gasteiger partial charge in [0.1, 0.15) is 0 Å². The first kappa shape index (κ1) is 15.0. The van der Waals surface area contributed by atoms with Crippen LogP contribution < -0.4 is 5.43 Å². The monoisotopic (exact) mass is 283 g/mol. The van der Waals surface area contributed by atoms with E-state index in [0.717, 1.165) is 17.0 Å². The van der Waals surface area contributed by atoms with E-state index >= 15 is 0 Å². The van der Waals surface area contributed by atoms with Crippen LogP contribution in [0.15, 0.2) is 29.4 Å². The highest BCUT2D eigenvalue weighted by atomic mass is 16.2. The van der Waals surface area contributed by atoms with Gasteiger partial charge in [-0.25, -0.2) is 5.43 Å². The normalized spacial score (nSPS) is 11.1. The van der Waals surface area contributed by atoms with Crippen LogP contribution in [-0.4, -0.2) is 16.7 Å². The molecule has 0 fully saturated rings. The Morgan fingerprint density at radius 3 is 2.57 bits per heavy atom. The molecule has 4 nitrogen and oxygen atoms in total. The maximum Gasteiger partial charge on any atom is 0.236 e. The topological polar surface area (TPSA) is 46.4 Å². The van der Waals surface area contributed by atoms with Gasteiger partial charge in [0.05, 0.1) is 6.21 Å². The SMILES string of the molecule is CC(=O)N/N=C\c1cc(C)n(-c2cc(C)ccc2C)c1C. The number of hydrogen-bond donors (Lipinski definition) is 1. The van der Waals surface area contributed by atoms with E-state index in [4.69, 9.17) is 0 Å². The van der Waals surface area contributed by atoms with Crippen LogP contribution in [0.5, 0.6) is 0 Å². The molecule has 0 aliphatic carbocycles. The molecule has 0 radical (unpaired) electrons. The third-order valence-electron chi connectivity index (χ3n) is 3.50. The van der Waals surface area contributed by atoms with Crippen molar-refractivity contribution in [3.05, 3.63) is 52.3 Å². The number of carbonyl (C=O) groups excluding carboxylic acids is 1. The second kappa shape index (κ2) is 5.95. The van der Waals surface area contributed by atoms with Crippen molar-refractivity contribution in [1.29, 1.82) is 0 Å². The summed E-state index contributed by atoms with van der Waals surface area (Å²) in [5.41, 5.74) is 9.33. The molecule has 0 saturated carbocycles. The van der Waals surface area contributed by atoms with E-state index in [2.05, 4.69) is 67.1 Å². The quantitative estimate of drug-likeness (QED) is 0.682. The van der Waals surface area contributed by atoms with E-state index in [1.165, 1.54) is 23.7 Å². The molecule has 2 rings (SSSR count). The molecule has 0 spiro atoms. The van der Waals surface area contributed by atoms with E-state index < -0.39 is 0 Å². The highest BCUT2D eigenvalue weighted by molar-refractivity contribution is 5.83. The minimum Gasteiger partial charge on any atom is -0.318 e. The van der Waals surface area contributed by atoms with Gasteiger partial charge in [0.15, 0.2) is 0 Å². The van der Waals surface area contributed by atoms with Gasteiger partial charge < -0.3 is 4.57 Å². The Labute approximate surface area is 125 Å². The van der Waals surface area contributed by atoms with Gasteiger partial charge in [0.2, 0.25) is 5.91 Å². The largest absolute Gasteiger partial charge is 0.318 e. The van der Waals surface area contributed by atoms with Crippen molar-refractivity contribution in [3.8, 4) is 5.69 Å². The molecule has 1 heterocycles. The summed E-state index contributed by atoms with van der Waals surface area (Å²) in [5, 5.41) is 3.95. The summed E-state index contributed by atoms with van der Waals surface area (Å²) in [6.45, 7) is 9.78. The van der Waals surface area contributed by atoms with Crippen LogP contribution in [0.1, 0.15) is 35.0 Å². The predicted molar refractivity (Wildman–Crippen MR) is 86.1 cm³/mol. The summed E-state index contributed by atoms with van der Waals surface area (Å²) in [6.07, 6.45) is 1.69. The van der Waals surface area contributed by atoms with Crippen molar-refractivity contribution < 1.29 is 4.79 Å². The Kier molecular flexibility index (Phi) is 4.26. The zero-order chi connectivity index (χ0) is 15.6. The number of nitrogens with one attached hydrogen (secondary N) is 1. The van der Waals surface area contributed by atoms with Gasteiger partial charge in [-0.1, -0.05) is 12.1 Å². The van der Waals surface area contributed by atoms with Gasteiger partial charge in [0, 0.05) is 29.6 Å². The van der Waals surface area contributed by atoms with Gasteiger partial charge in [-0.05, 0) is 51.0 Å². The summed E-state index contributed by atoms with van der Waals surface area (Å²) in [6, 6.07) is 8.51. The Morgan fingerprint density at radius 1 is 1.19 bits per heavy atom. The predicted octanol–water partition coefficient (Wildman–Crippen LogP) is 3.18. The fourth-order valence-electron chi connectivity index (χ4n) is 2.44. The Balaban J connectivity index is 2.46. The fraction of sp³-hybridized carbons (Fsp3) is 0.294. The maximum atomic E-state index is 10.9. The second-order valence-electron chi connectivity index (χ2n) is 5.38. The van der Waals surface area contributed by atoms with E-state index in [-0.39, 0.29) is 5.91 Å². The maximum absolute atomic E-state index is 10.9. The van der Waals surface area contributed by atoms with Crippen molar-refractivity contribution in [1.82, 2.24) is 9.99 Å². The van der Waals surface area contributed by atoms with Crippen molar-refractivity contribution >= 4 is 12.1 Å². The molecular formula is C17H21N3O. The van der Waals surface area contributed by atoms with Crippen LogP contribution in [-0.2, 0) is 4.79 Å². The van der Waals surface area contributed by atoms with E-state index in [1.54, 1.807) is 6.21 Å². The first-order chi connectivity index (χ1) is 9.90. The van der Waals surface area contributed by atoms with Crippen LogP contribution in [0.2, 0.25) is 0 Å². The van der Waals surface area contributed by atoms with Crippen molar-refractivity contribution in [2.45, 2.75) is 34.6 Å². The van der Waals surface area contributed by atoms with Gasteiger partial charge in [0.25, 0.3) is 0 Å². The van der Waals surface area contributed by atoms with Crippen LogP contribution in [0, 0.1) is 27.7 Å². The standard InChI is InChI=1S/C17H21N3O/c1-11-6-7-12(2)17(8-11)20-13(3)9-16(14(20)4)10-18-19-15(5)21/h6-10H,1-5H3,(H,19,21)/b18-10-. The molecule has 21 heavy (non-hydrogen) atoms. The molecule has 0 aliphatic rings. The number of aromatic nitrogens is 1. The Morgan fingerprint density at radius 2 is 1.90 bits per heavy atom. The number of benzene rings is 1. The molecule has 0 bridgehead atoms. The smallest absolute Gasteiger partial charge is 0.236 e. The van der Waals surface area contributed by atoms with Crippen LogP contribution in [0.25, 0.3) is 5.69 Å². The lowest BCUT2D eigenvalue weighted by molar-refractivity contribution is -0.118.